The number of alkyl halides is 1. The first-order chi connectivity index (χ1) is 3.93. The van der Waals surface area contributed by atoms with Crippen molar-refractivity contribution in [3.05, 3.63) is 11.9 Å². The van der Waals surface area contributed by atoms with E-state index in [-0.39, 0.29) is 21.5 Å². The molecule has 0 bridgehead atoms. The summed E-state index contributed by atoms with van der Waals surface area (Å²) in [5.41, 5.74) is 0.973. The summed E-state index contributed by atoms with van der Waals surface area (Å²) >= 11 is -0.168. The molecule has 4 nitrogen and oxygen atoms in total. The number of nitrogens with one attached hydrogen (secondary N) is 1. The molecule has 1 aromatic heterocycles. The number of halogens is 1. The van der Waals surface area contributed by atoms with Gasteiger partial charge in [-0.2, -0.15) is 0 Å². The maximum absolute atomic E-state index is 5.35. The Morgan fingerprint density at radius 2 is 2.75 bits per heavy atom. The Morgan fingerprint density at radius 3 is 3.25 bits per heavy atom. The second-order valence-electron chi connectivity index (χ2n) is 1.25. The van der Waals surface area contributed by atoms with Crippen molar-refractivity contribution in [3.63, 3.8) is 0 Å². The normalized spacial score (nSPS) is 10.1. The molecule has 1 heterocycles. The van der Waals surface area contributed by atoms with Gasteiger partial charge in [-0.15, -0.1) is 0 Å². The predicted octanol–water partition coefficient (Wildman–Crippen LogP) is -3.73. The number of rotatable bonds is 2. The summed E-state index contributed by atoms with van der Waals surface area (Å²) in [6.45, 7) is 0. The van der Waals surface area contributed by atoms with Gasteiger partial charge in [-0.05, 0) is 0 Å². The first kappa shape index (κ1) is 5.96. The van der Waals surface area contributed by atoms with Crippen LogP contribution in [-0.4, -0.2) is 15.4 Å². The van der Waals surface area contributed by atoms with Crippen molar-refractivity contribution in [3.8, 4) is 0 Å². The zero-order chi connectivity index (χ0) is 5.82. The minimum absolute atomic E-state index is 0.168. The molecule has 8 heavy (non-hydrogen) atoms. The van der Waals surface area contributed by atoms with E-state index in [2.05, 4.69) is 15.4 Å². The van der Waals surface area contributed by atoms with Gasteiger partial charge in [-0.3, -0.25) is 0 Å². The Kier molecular flexibility index (Phi) is 2.22. The molecule has 0 radical (unpaired) electrons. The van der Waals surface area contributed by atoms with Gasteiger partial charge in [0.15, 0.2) is 0 Å². The predicted molar refractivity (Wildman–Crippen MR) is 24.3 cm³/mol. The molecule has 0 aliphatic rings. The van der Waals surface area contributed by atoms with E-state index in [1.54, 1.807) is 6.20 Å². The van der Waals surface area contributed by atoms with Crippen molar-refractivity contribution >= 4 is 0 Å². The number of hydrogen-bond donors (Lipinski definition) is 2. The van der Waals surface area contributed by atoms with Crippen molar-refractivity contribution in [1.82, 2.24) is 15.4 Å². The summed E-state index contributed by atoms with van der Waals surface area (Å²) in [4.78, 5) is 0. The quantitative estimate of drug-likeness (QED) is 0.309. The number of H-pyrrole nitrogens is 1. The minimum atomic E-state index is -0.168. The van der Waals surface area contributed by atoms with Crippen molar-refractivity contribution in [2.24, 2.45) is 3.95 Å². The van der Waals surface area contributed by atoms with Crippen molar-refractivity contribution < 1.29 is 21.5 Å². The monoisotopic (exact) mass is 225 g/mol. The van der Waals surface area contributed by atoms with E-state index >= 15 is 0 Å². The Hall–Kier alpha value is -0.170. The standard InChI is InChI=1S/C3H6IN4/c5-4-1-3-2-6-8-7-3/h2H,1,5H2,(H,6,7,8)/q-1. The molecule has 0 saturated heterocycles. The maximum atomic E-state index is 5.35. The molecule has 0 fully saturated rings. The number of nitrogens with two attached hydrogens (primary N) is 1. The van der Waals surface area contributed by atoms with Crippen LogP contribution in [0.3, 0.4) is 0 Å². The summed E-state index contributed by atoms with van der Waals surface area (Å²) in [6, 6.07) is 0. The molecule has 0 aromatic carbocycles. The number of aromatic nitrogens is 3. The summed E-state index contributed by atoms with van der Waals surface area (Å²) in [5, 5.41) is 9.96. The van der Waals surface area contributed by atoms with Gasteiger partial charge in [-0.25, -0.2) is 0 Å². The third-order valence-corrected chi connectivity index (χ3v) is 1.90. The SMILES string of the molecule is N[I-]Cc1cn[nH]n1. The van der Waals surface area contributed by atoms with Gasteiger partial charge in [0.25, 0.3) is 0 Å². The fourth-order valence-corrected chi connectivity index (χ4v) is 1.19. The van der Waals surface area contributed by atoms with Crippen molar-refractivity contribution in [2.75, 3.05) is 0 Å². The van der Waals surface area contributed by atoms with Crippen LogP contribution in [0.2, 0.25) is 0 Å². The van der Waals surface area contributed by atoms with E-state index in [1.807, 2.05) is 0 Å². The first-order valence-corrected chi connectivity index (χ1v) is 4.83. The molecule has 46 valence electrons. The third kappa shape index (κ3) is 1.41. The molecule has 1 aromatic rings. The van der Waals surface area contributed by atoms with E-state index < -0.39 is 0 Å². The van der Waals surface area contributed by atoms with Crippen LogP contribution in [0.25, 0.3) is 0 Å². The van der Waals surface area contributed by atoms with Crippen LogP contribution in [-0.2, 0) is 4.43 Å². The zero-order valence-corrected chi connectivity index (χ0v) is 6.29. The van der Waals surface area contributed by atoms with E-state index in [9.17, 15) is 0 Å². The van der Waals surface area contributed by atoms with Gasteiger partial charge in [0.1, 0.15) is 0 Å². The molecule has 0 saturated carbocycles. The third-order valence-electron chi connectivity index (χ3n) is 0.679. The second-order valence-corrected chi connectivity index (χ2v) is 2.89. The Labute approximate surface area is 57.5 Å². The van der Waals surface area contributed by atoms with E-state index in [0.717, 1.165) is 10.1 Å². The molecule has 0 atom stereocenters. The van der Waals surface area contributed by atoms with Crippen LogP contribution in [0.15, 0.2) is 6.20 Å². The van der Waals surface area contributed by atoms with Crippen LogP contribution < -0.4 is 25.4 Å². The molecule has 3 N–H and O–H groups in total. The number of aromatic amines is 1. The Bertz CT molecular complexity index is 137. The molecule has 5 heteroatoms. The summed E-state index contributed by atoms with van der Waals surface area (Å²) in [5.74, 6) is 0. The van der Waals surface area contributed by atoms with E-state index in [1.165, 1.54) is 0 Å². The molecule has 0 aliphatic heterocycles. The topological polar surface area (TPSA) is 67.6 Å². The van der Waals surface area contributed by atoms with Gasteiger partial charge in [-0.1, -0.05) is 0 Å². The fourth-order valence-electron chi connectivity index (χ4n) is 0.369. The Balaban J connectivity index is 2.50. The summed E-state index contributed by atoms with van der Waals surface area (Å²) in [6.07, 6.45) is 1.70. The van der Waals surface area contributed by atoms with Gasteiger partial charge in [0.2, 0.25) is 0 Å². The van der Waals surface area contributed by atoms with Gasteiger partial charge < -0.3 is 0 Å². The fraction of sp³-hybridized carbons (Fsp3) is 0.333. The number of hydrogen-bond acceptors (Lipinski definition) is 3. The van der Waals surface area contributed by atoms with Crippen LogP contribution in [0, 0.1) is 0 Å². The average molecular weight is 225 g/mol. The van der Waals surface area contributed by atoms with Gasteiger partial charge >= 0.3 is 57.2 Å². The zero-order valence-electron chi connectivity index (χ0n) is 4.13. The molecule has 0 amide bonds. The molecular formula is C3H6IN4-. The van der Waals surface area contributed by atoms with Crippen LogP contribution >= 0.6 is 0 Å². The Morgan fingerprint density at radius 1 is 1.88 bits per heavy atom. The van der Waals surface area contributed by atoms with Crippen LogP contribution in [0.4, 0.5) is 0 Å². The second kappa shape index (κ2) is 2.98. The van der Waals surface area contributed by atoms with Crippen molar-refractivity contribution in [1.29, 1.82) is 0 Å². The van der Waals surface area contributed by atoms with Gasteiger partial charge in [0, 0.05) is 0 Å². The number of nitrogens with zero attached hydrogens (tertiary/aromatic N) is 2. The molecule has 0 spiro atoms. The molecule has 0 aliphatic carbocycles. The van der Waals surface area contributed by atoms with Gasteiger partial charge in [0.05, 0.1) is 0 Å². The van der Waals surface area contributed by atoms with E-state index in [0.29, 0.717) is 0 Å². The average Bonchev–Trinajstić information content (AvgIpc) is 2.19. The summed E-state index contributed by atoms with van der Waals surface area (Å²) < 4.78 is 6.26. The summed E-state index contributed by atoms with van der Waals surface area (Å²) in [7, 11) is 0. The van der Waals surface area contributed by atoms with Crippen molar-refractivity contribution in [2.45, 2.75) is 4.43 Å². The van der Waals surface area contributed by atoms with E-state index in [4.69, 9.17) is 3.95 Å². The first-order valence-electron chi connectivity index (χ1n) is 2.06. The molecule has 0 unspecified atom stereocenters. The molecule has 1 rings (SSSR count). The molecular weight excluding hydrogens is 219 g/mol. The van der Waals surface area contributed by atoms with Crippen LogP contribution in [0.5, 0.6) is 0 Å². The van der Waals surface area contributed by atoms with Crippen LogP contribution in [0.1, 0.15) is 5.69 Å².